The topological polar surface area (TPSA) is 186 Å². The predicted molar refractivity (Wildman–Crippen MR) is 306 cm³/mol. The van der Waals surface area contributed by atoms with Crippen molar-refractivity contribution in [3.8, 4) is 0 Å². The van der Waals surface area contributed by atoms with Crippen LogP contribution < -0.4 is 0 Å². The van der Waals surface area contributed by atoms with Crippen molar-refractivity contribution in [1.29, 1.82) is 0 Å². The van der Waals surface area contributed by atoms with Gasteiger partial charge < -0.3 is 53.2 Å². The Labute approximate surface area is 475 Å². The Kier molecular flexibility index (Phi) is 25.1. The van der Waals surface area contributed by atoms with Crippen LogP contribution >= 0.6 is 0 Å². The van der Waals surface area contributed by atoms with Crippen LogP contribution in [-0.4, -0.2) is 186 Å². The number of aliphatic carboxylic acids is 1. The van der Waals surface area contributed by atoms with Crippen molar-refractivity contribution in [3.05, 3.63) is 215 Å². The smallest absolute Gasteiger partial charge is 0.409 e. The van der Waals surface area contributed by atoms with E-state index < -0.39 is 23.0 Å². The molecule has 6 aromatic carbocycles. The highest BCUT2D eigenvalue weighted by Gasteiger charge is 2.45. The maximum atomic E-state index is 12.8. The molecule has 2 heterocycles. The minimum Gasteiger partial charge on any atom is -0.481 e. The summed E-state index contributed by atoms with van der Waals surface area (Å²) in [5.41, 5.74) is 6.11. The average molecular weight is 1110 g/mol. The fraction of sp³-hybridized carbons (Fsp3) is 0.375. The first-order valence-corrected chi connectivity index (χ1v) is 27.7. The number of carboxylic acid groups (broad SMARTS) is 1. The summed E-state index contributed by atoms with van der Waals surface area (Å²) in [5.74, 6) is -1.62. The van der Waals surface area contributed by atoms with Gasteiger partial charge in [-0.25, -0.2) is 9.59 Å². The largest absolute Gasteiger partial charge is 0.481 e. The van der Waals surface area contributed by atoms with Gasteiger partial charge in [-0.15, -0.1) is 0 Å². The Hall–Kier alpha value is -7.48. The van der Waals surface area contributed by atoms with Crippen molar-refractivity contribution in [1.82, 2.24) is 19.6 Å². The van der Waals surface area contributed by atoms with Gasteiger partial charge in [-0.1, -0.05) is 182 Å². The second-order valence-corrected chi connectivity index (χ2v) is 19.1. The molecule has 81 heavy (non-hydrogen) atoms. The molecule has 0 aliphatic carbocycles. The van der Waals surface area contributed by atoms with E-state index in [0.29, 0.717) is 85.4 Å². The molecule has 6 aromatic rings. The fourth-order valence-corrected chi connectivity index (χ4v) is 10.4. The molecule has 0 unspecified atom stereocenters. The number of rotatable bonds is 28. The Balaban J connectivity index is 0.000000237. The molecule has 0 radical (unpaired) electrons. The minimum atomic E-state index is -1.05. The van der Waals surface area contributed by atoms with E-state index in [1.807, 2.05) is 36.4 Å². The number of hydrogen-bond donors (Lipinski definition) is 2. The number of carboxylic acids is 1. The second kappa shape index (κ2) is 33.3. The lowest BCUT2D eigenvalue weighted by molar-refractivity contribution is -0.149. The molecule has 2 saturated heterocycles. The Morgan fingerprint density at radius 1 is 0.346 bits per heavy atom. The van der Waals surface area contributed by atoms with Crippen molar-refractivity contribution in [2.24, 2.45) is 0 Å². The molecule has 0 saturated carbocycles. The summed E-state index contributed by atoms with van der Waals surface area (Å²) < 4.78 is 37.2. The van der Waals surface area contributed by atoms with E-state index in [1.165, 1.54) is 33.4 Å². The van der Waals surface area contributed by atoms with Crippen molar-refractivity contribution in [2.75, 3.05) is 132 Å². The molecule has 0 bridgehead atoms. The number of aliphatic hydroxyl groups excluding tert-OH is 1. The first-order valence-electron chi connectivity index (χ1n) is 27.7. The number of esters is 1. The molecule has 2 fully saturated rings. The summed E-state index contributed by atoms with van der Waals surface area (Å²) in [6.07, 6.45) is -1.10. The molecule has 8 rings (SSSR count). The Morgan fingerprint density at radius 2 is 0.605 bits per heavy atom. The maximum absolute atomic E-state index is 12.8. The van der Waals surface area contributed by atoms with Crippen LogP contribution in [0.2, 0.25) is 0 Å². The van der Waals surface area contributed by atoms with Gasteiger partial charge in [-0.3, -0.25) is 19.4 Å². The Morgan fingerprint density at radius 3 is 0.877 bits per heavy atom. The summed E-state index contributed by atoms with van der Waals surface area (Å²) in [7, 11) is 0. The summed E-state index contributed by atoms with van der Waals surface area (Å²) in [6.45, 7) is 7.71. The van der Waals surface area contributed by atoms with Gasteiger partial charge in [0, 0.05) is 52.4 Å². The standard InChI is InChI=1S/C34H40N2O8.C30H36N2O5/c37-31(38)16-17-32(39)43-26-24-41-22-23-42-25-27-44-33(40)35-18-20-36(21-19-35)34(28-10-4-1-5-11-28,29-12-6-2-7-13-29)30-14-8-3-9-15-30;33-20-21-35-22-23-36-24-25-37-29(34)31-16-18-32(19-17-31)30(26-10-4-1-5-11-26,27-12-6-2-7-13-27)28-14-8-3-9-15-28/h1-15H,16-27H2,(H,37,38);1-15,33H,16-25H2. The van der Waals surface area contributed by atoms with Gasteiger partial charge in [-0.2, -0.15) is 0 Å². The number of amides is 2. The average Bonchev–Trinajstić information content (AvgIpc) is 3.62. The molecule has 17 heteroatoms. The summed E-state index contributed by atoms with van der Waals surface area (Å²) in [4.78, 5) is 55.8. The lowest BCUT2D eigenvalue weighted by Gasteiger charge is -2.48. The maximum Gasteiger partial charge on any atom is 0.409 e. The van der Waals surface area contributed by atoms with Crippen LogP contribution in [0.4, 0.5) is 9.59 Å². The molecule has 0 aromatic heterocycles. The van der Waals surface area contributed by atoms with Crippen LogP contribution in [0.15, 0.2) is 182 Å². The van der Waals surface area contributed by atoms with Gasteiger partial charge >= 0.3 is 24.1 Å². The van der Waals surface area contributed by atoms with Crippen molar-refractivity contribution in [2.45, 2.75) is 23.9 Å². The molecular formula is C64H76N4O13. The number of carbonyl (C=O) groups is 4. The lowest BCUT2D eigenvalue weighted by Crippen LogP contribution is -2.57. The lowest BCUT2D eigenvalue weighted by atomic mass is 9.75. The third-order valence-corrected chi connectivity index (χ3v) is 14.1. The van der Waals surface area contributed by atoms with Crippen molar-refractivity contribution >= 4 is 24.1 Å². The van der Waals surface area contributed by atoms with Crippen LogP contribution in [0.3, 0.4) is 0 Å². The zero-order valence-corrected chi connectivity index (χ0v) is 46.1. The van der Waals surface area contributed by atoms with Crippen LogP contribution in [0.1, 0.15) is 46.2 Å². The number of carbonyl (C=O) groups excluding carboxylic acids is 3. The summed E-state index contributed by atoms with van der Waals surface area (Å²) in [6, 6.07) is 63.4. The van der Waals surface area contributed by atoms with E-state index in [2.05, 4.69) is 155 Å². The van der Waals surface area contributed by atoms with Gasteiger partial charge in [0.15, 0.2) is 0 Å². The monoisotopic (exact) mass is 1110 g/mol. The number of piperazine rings is 2. The van der Waals surface area contributed by atoms with Gasteiger partial charge in [0.05, 0.1) is 83.4 Å². The van der Waals surface area contributed by atoms with E-state index >= 15 is 0 Å². The second-order valence-electron chi connectivity index (χ2n) is 19.1. The molecule has 0 spiro atoms. The van der Waals surface area contributed by atoms with Gasteiger partial charge in [-0.05, 0) is 33.4 Å². The van der Waals surface area contributed by atoms with Crippen LogP contribution in [0, 0.1) is 0 Å². The van der Waals surface area contributed by atoms with Crippen LogP contribution in [-0.2, 0) is 53.8 Å². The highest BCUT2D eigenvalue weighted by Crippen LogP contribution is 2.44. The van der Waals surface area contributed by atoms with Crippen LogP contribution in [0.5, 0.6) is 0 Å². The molecule has 0 atom stereocenters. The normalized spacial score (nSPS) is 14.1. The highest BCUT2D eigenvalue weighted by atomic mass is 16.6. The first kappa shape index (κ1) is 61.1. The number of benzene rings is 6. The zero-order valence-electron chi connectivity index (χ0n) is 46.1. The third-order valence-electron chi connectivity index (χ3n) is 14.1. The number of aliphatic hydroxyl groups is 1. The zero-order chi connectivity index (χ0) is 56.8. The van der Waals surface area contributed by atoms with E-state index in [-0.39, 0.29) is 71.3 Å². The summed E-state index contributed by atoms with van der Waals surface area (Å²) >= 11 is 0. The fourth-order valence-electron chi connectivity index (χ4n) is 10.4. The number of hydrogen-bond acceptors (Lipinski definition) is 14. The molecule has 2 amide bonds. The third kappa shape index (κ3) is 17.3. The van der Waals surface area contributed by atoms with Gasteiger partial charge in [0.25, 0.3) is 0 Å². The quantitative estimate of drug-likeness (QED) is 0.0209. The molecule has 2 N–H and O–H groups in total. The molecule has 430 valence electrons. The van der Waals surface area contributed by atoms with Crippen molar-refractivity contribution in [3.63, 3.8) is 0 Å². The molecule has 2 aliphatic heterocycles. The molecular weight excluding hydrogens is 1030 g/mol. The van der Waals surface area contributed by atoms with E-state index in [1.54, 1.807) is 9.80 Å². The first-order chi connectivity index (χ1) is 39.8. The van der Waals surface area contributed by atoms with E-state index in [4.69, 9.17) is 43.4 Å². The Bertz CT molecular complexity index is 2540. The summed E-state index contributed by atoms with van der Waals surface area (Å²) in [5, 5.41) is 17.3. The van der Waals surface area contributed by atoms with Gasteiger partial charge in [0.2, 0.25) is 0 Å². The number of nitrogens with zero attached hydrogens (tertiary/aromatic N) is 4. The highest BCUT2D eigenvalue weighted by molar-refractivity contribution is 5.76. The van der Waals surface area contributed by atoms with Crippen LogP contribution in [0.25, 0.3) is 0 Å². The molecule has 17 nitrogen and oxygen atoms in total. The number of ether oxygens (including phenoxy) is 7. The van der Waals surface area contributed by atoms with Gasteiger partial charge in [0.1, 0.15) is 19.8 Å². The predicted octanol–water partition coefficient (Wildman–Crippen LogP) is 7.93. The van der Waals surface area contributed by atoms with E-state index in [0.717, 1.165) is 0 Å². The minimum absolute atomic E-state index is 0.00591. The van der Waals surface area contributed by atoms with Crippen molar-refractivity contribution < 1.29 is 62.5 Å². The van der Waals surface area contributed by atoms with E-state index in [9.17, 15) is 19.2 Å². The molecule has 2 aliphatic rings. The SMILES string of the molecule is O=C(O)CCC(=O)OCCOCCOCCOC(=O)N1CCN(C(c2ccccc2)(c2ccccc2)c2ccccc2)CC1.O=C(OCCOCCOCCO)N1CCN(C(c2ccccc2)(c2ccccc2)c2ccccc2)CC1.